The van der Waals surface area contributed by atoms with Gasteiger partial charge in [-0.3, -0.25) is 9.59 Å². The normalized spacial score (nSPS) is 18.1. The average molecular weight is 374 g/mol. The van der Waals surface area contributed by atoms with Crippen LogP contribution in [0.2, 0.25) is 0 Å². The van der Waals surface area contributed by atoms with Crippen LogP contribution in [0.5, 0.6) is 5.75 Å². The number of carbonyl (C=O) groups is 2. The molecule has 1 aliphatic carbocycles. The first-order chi connectivity index (χ1) is 12.8. The standard InChI is InChI=1S/C20H20F2N2O3/c1-11(2)27-18-6-4-3-5-17(18)24-20(26)14-10-13(14)19(25)23-16-8-7-12(21)9-15(16)22/h3-9,11,13-14H,10H2,1-2H3,(H,23,25)(H,24,26). The molecule has 5 nitrogen and oxygen atoms in total. The van der Waals surface area contributed by atoms with Gasteiger partial charge in [-0.1, -0.05) is 12.1 Å². The number of hydrogen-bond acceptors (Lipinski definition) is 3. The second-order valence-electron chi connectivity index (χ2n) is 6.71. The molecule has 1 fully saturated rings. The van der Waals surface area contributed by atoms with Gasteiger partial charge in [-0.25, -0.2) is 8.78 Å². The van der Waals surface area contributed by atoms with Crippen LogP contribution in [0.3, 0.4) is 0 Å². The SMILES string of the molecule is CC(C)Oc1ccccc1NC(=O)C1CC1C(=O)Nc1ccc(F)cc1F. The number of hydrogen-bond donors (Lipinski definition) is 2. The largest absolute Gasteiger partial charge is 0.489 e. The highest BCUT2D eigenvalue weighted by Crippen LogP contribution is 2.41. The van der Waals surface area contributed by atoms with Crippen molar-refractivity contribution in [3.8, 4) is 5.75 Å². The smallest absolute Gasteiger partial charge is 0.228 e. The van der Waals surface area contributed by atoms with Gasteiger partial charge >= 0.3 is 0 Å². The van der Waals surface area contributed by atoms with Crippen molar-refractivity contribution in [2.45, 2.75) is 26.4 Å². The highest BCUT2D eigenvalue weighted by molar-refractivity contribution is 6.03. The lowest BCUT2D eigenvalue weighted by Crippen LogP contribution is -2.21. The second-order valence-corrected chi connectivity index (χ2v) is 6.71. The van der Waals surface area contributed by atoms with Crippen LogP contribution in [0.15, 0.2) is 42.5 Å². The molecule has 0 aliphatic heterocycles. The predicted octanol–water partition coefficient (Wildman–Crippen LogP) is 3.97. The van der Waals surface area contributed by atoms with Crippen molar-refractivity contribution >= 4 is 23.2 Å². The monoisotopic (exact) mass is 374 g/mol. The fraction of sp³-hybridized carbons (Fsp3) is 0.300. The lowest BCUT2D eigenvalue weighted by Gasteiger charge is -2.14. The number of nitrogens with one attached hydrogen (secondary N) is 2. The molecular formula is C20H20F2N2O3. The molecule has 2 unspecified atom stereocenters. The lowest BCUT2D eigenvalue weighted by molar-refractivity contribution is -0.122. The molecule has 2 aromatic rings. The van der Waals surface area contributed by atoms with Gasteiger partial charge in [-0.05, 0) is 44.5 Å². The molecule has 1 aliphatic rings. The van der Waals surface area contributed by atoms with E-state index < -0.39 is 29.4 Å². The molecule has 2 N–H and O–H groups in total. The molecule has 0 heterocycles. The number of halogens is 2. The fourth-order valence-electron chi connectivity index (χ4n) is 2.74. The molecule has 27 heavy (non-hydrogen) atoms. The zero-order chi connectivity index (χ0) is 19.6. The third-order valence-corrected chi connectivity index (χ3v) is 4.16. The van der Waals surface area contributed by atoms with E-state index in [1.54, 1.807) is 24.3 Å². The van der Waals surface area contributed by atoms with E-state index in [0.717, 1.165) is 12.1 Å². The molecule has 2 amide bonds. The maximum atomic E-state index is 13.6. The Balaban J connectivity index is 1.60. The fourth-order valence-corrected chi connectivity index (χ4v) is 2.74. The third kappa shape index (κ3) is 4.61. The zero-order valence-corrected chi connectivity index (χ0v) is 15.0. The maximum absolute atomic E-state index is 13.6. The first-order valence-corrected chi connectivity index (χ1v) is 8.67. The molecule has 0 saturated heterocycles. The number of ether oxygens (including phenoxy) is 1. The van der Waals surface area contributed by atoms with Gasteiger partial charge in [0.25, 0.3) is 0 Å². The summed E-state index contributed by atoms with van der Waals surface area (Å²) < 4.78 is 32.2. The molecule has 142 valence electrons. The van der Waals surface area contributed by atoms with E-state index in [2.05, 4.69) is 10.6 Å². The van der Waals surface area contributed by atoms with Crippen LogP contribution in [0.25, 0.3) is 0 Å². The van der Waals surface area contributed by atoms with E-state index in [1.165, 1.54) is 0 Å². The van der Waals surface area contributed by atoms with Crippen LogP contribution in [0, 0.1) is 23.5 Å². The van der Waals surface area contributed by atoms with Gasteiger partial charge in [-0.2, -0.15) is 0 Å². The number of anilines is 2. The number of carbonyl (C=O) groups excluding carboxylic acids is 2. The van der Waals surface area contributed by atoms with Gasteiger partial charge in [0, 0.05) is 6.07 Å². The summed E-state index contributed by atoms with van der Waals surface area (Å²) in [4.78, 5) is 24.6. The van der Waals surface area contributed by atoms with Crippen molar-refractivity contribution in [1.29, 1.82) is 0 Å². The number of para-hydroxylation sites is 2. The third-order valence-electron chi connectivity index (χ3n) is 4.16. The summed E-state index contributed by atoms with van der Waals surface area (Å²) in [5, 5.41) is 5.18. The van der Waals surface area contributed by atoms with Crippen molar-refractivity contribution in [1.82, 2.24) is 0 Å². The minimum absolute atomic E-state index is 0.0480. The average Bonchev–Trinajstić information content (AvgIpc) is 3.39. The van der Waals surface area contributed by atoms with Crippen molar-refractivity contribution < 1.29 is 23.1 Å². The van der Waals surface area contributed by atoms with Gasteiger partial charge < -0.3 is 15.4 Å². The van der Waals surface area contributed by atoms with Crippen LogP contribution in [-0.4, -0.2) is 17.9 Å². The quantitative estimate of drug-likeness (QED) is 0.804. The zero-order valence-electron chi connectivity index (χ0n) is 15.0. The molecule has 2 aromatic carbocycles. The molecule has 2 atom stereocenters. The summed E-state index contributed by atoms with van der Waals surface area (Å²) in [6, 6.07) is 9.96. The second kappa shape index (κ2) is 7.73. The van der Waals surface area contributed by atoms with E-state index in [4.69, 9.17) is 4.74 Å². The summed E-state index contributed by atoms with van der Waals surface area (Å²) in [7, 11) is 0. The lowest BCUT2D eigenvalue weighted by atomic mass is 10.2. The van der Waals surface area contributed by atoms with Crippen LogP contribution in [0.4, 0.5) is 20.2 Å². The van der Waals surface area contributed by atoms with Gasteiger partial charge in [0.2, 0.25) is 11.8 Å². The Hall–Kier alpha value is -2.96. The minimum Gasteiger partial charge on any atom is -0.489 e. The first kappa shape index (κ1) is 18.8. The Morgan fingerprint density at radius 1 is 1.00 bits per heavy atom. The van der Waals surface area contributed by atoms with Crippen molar-refractivity contribution in [2.24, 2.45) is 11.8 Å². The molecule has 0 spiro atoms. The maximum Gasteiger partial charge on any atom is 0.228 e. The highest BCUT2D eigenvalue weighted by Gasteiger charge is 2.48. The molecular weight excluding hydrogens is 354 g/mol. The molecule has 3 rings (SSSR count). The number of amides is 2. The number of benzene rings is 2. The summed E-state index contributed by atoms with van der Waals surface area (Å²) in [6.45, 7) is 3.77. The predicted molar refractivity (Wildman–Crippen MR) is 97.4 cm³/mol. The Bertz CT molecular complexity index is 870. The van der Waals surface area contributed by atoms with E-state index >= 15 is 0 Å². The van der Waals surface area contributed by atoms with E-state index in [-0.39, 0.29) is 17.7 Å². The highest BCUT2D eigenvalue weighted by atomic mass is 19.1. The van der Waals surface area contributed by atoms with Crippen LogP contribution < -0.4 is 15.4 Å². The molecule has 1 saturated carbocycles. The van der Waals surface area contributed by atoms with E-state index in [1.807, 2.05) is 13.8 Å². The van der Waals surface area contributed by atoms with Gasteiger partial charge in [-0.15, -0.1) is 0 Å². The minimum atomic E-state index is -0.857. The van der Waals surface area contributed by atoms with Crippen molar-refractivity contribution in [2.75, 3.05) is 10.6 Å². The van der Waals surface area contributed by atoms with E-state index in [0.29, 0.717) is 23.9 Å². The molecule has 7 heteroatoms. The topological polar surface area (TPSA) is 67.4 Å². The first-order valence-electron chi connectivity index (χ1n) is 8.67. The summed E-state index contributed by atoms with van der Waals surface area (Å²) in [6.07, 6.45) is 0.321. The summed E-state index contributed by atoms with van der Waals surface area (Å²) in [5.74, 6) is -2.84. The van der Waals surface area contributed by atoms with Crippen molar-refractivity contribution in [3.05, 3.63) is 54.1 Å². The Morgan fingerprint density at radius 2 is 1.63 bits per heavy atom. The summed E-state index contributed by atoms with van der Waals surface area (Å²) in [5.41, 5.74) is 0.426. The Morgan fingerprint density at radius 3 is 2.26 bits per heavy atom. The van der Waals surface area contributed by atoms with Gasteiger partial charge in [0.1, 0.15) is 17.4 Å². The van der Waals surface area contributed by atoms with E-state index in [9.17, 15) is 18.4 Å². The van der Waals surface area contributed by atoms with Crippen molar-refractivity contribution in [3.63, 3.8) is 0 Å². The van der Waals surface area contributed by atoms with Crippen LogP contribution in [-0.2, 0) is 9.59 Å². The Kier molecular flexibility index (Phi) is 5.39. The van der Waals surface area contributed by atoms with Gasteiger partial charge in [0.15, 0.2) is 0 Å². The van der Waals surface area contributed by atoms with Crippen LogP contribution in [0.1, 0.15) is 20.3 Å². The molecule has 0 bridgehead atoms. The molecule has 0 aromatic heterocycles. The Labute approximate surface area is 155 Å². The van der Waals surface area contributed by atoms with Gasteiger partial charge in [0.05, 0.1) is 29.3 Å². The summed E-state index contributed by atoms with van der Waals surface area (Å²) >= 11 is 0. The molecule has 0 radical (unpaired) electrons. The van der Waals surface area contributed by atoms with Crippen LogP contribution >= 0.6 is 0 Å². The number of rotatable bonds is 6.